The molecule has 0 aromatic heterocycles. The van der Waals surface area contributed by atoms with Crippen LogP contribution in [0.4, 0.5) is 13.2 Å². The molecule has 0 saturated heterocycles. The first-order valence-electron chi connectivity index (χ1n) is 8.08. The summed E-state index contributed by atoms with van der Waals surface area (Å²) in [5.41, 5.74) is 0.437. The highest BCUT2D eigenvalue weighted by Crippen LogP contribution is 2.43. The van der Waals surface area contributed by atoms with Crippen molar-refractivity contribution in [2.24, 2.45) is 0 Å². The van der Waals surface area contributed by atoms with Gasteiger partial charge in [-0.15, -0.1) is 0 Å². The lowest BCUT2D eigenvalue weighted by molar-refractivity contribution is -0.317. The Balaban J connectivity index is 1.81. The lowest BCUT2D eigenvalue weighted by atomic mass is 9.97. The van der Waals surface area contributed by atoms with Gasteiger partial charge in [-0.3, -0.25) is 4.79 Å². The summed E-state index contributed by atoms with van der Waals surface area (Å²) < 4.78 is 46.1. The van der Waals surface area contributed by atoms with Gasteiger partial charge in [0.15, 0.2) is 0 Å². The predicted molar refractivity (Wildman–Crippen MR) is 102 cm³/mol. The molecule has 1 amide bonds. The minimum Gasteiger partial charge on any atom is -0.449 e. The van der Waals surface area contributed by atoms with Gasteiger partial charge in [-0.05, 0) is 42.0 Å². The van der Waals surface area contributed by atoms with E-state index in [0.29, 0.717) is 20.6 Å². The number of hydrogen-bond acceptors (Lipinski definition) is 3. The standard InChI is InChI=1S/C19H14BrClF3NO3/c20-14-4-5-16-12(9-14)8-13(18(27,28-16)19(22,23)24)10-25-17(26)7-11-2-1-3-15(21)6-11/h1-6,8-9,27H,7,10H2,(H,25,26). The van der Waals surface area contributed by atoms with E-state index in [-0.39, 0.29) is 12.2 Å². The number of carbonyl (C=O) groups is 1. The van der Waals surface area contributed by atoms with Crippen LogP contribution in [-0.4, -0.2) is 29.5 Å². The topological polar surface area (TPSA) is 58.6 Å². The normalized spacial score (nSPS) is 18.7. The van der Waals surface area contributed by atoms with Crippen molar-refractivity contribution in [2.45, 2.75) is 18.4 Å². The number of ether oxygens (including phenoxy) is 1. The molecule has 0 bridgehead atoms. The van der Waals surface area contributed by atoms with Crippen molar-refractivity contribution in [3.8, 4) is 5.75 Å². The van der Waals surface area contributed by atoms with Crippen LogP contribution in [0.15, 0.2) is 52.5 Å². The van der Waals surface area contributed by atoms with E-state index in [1.165, 1.54) is 12.1 Å². The monoisotopic (exact) mass is 475 g/mol. The maximum atomic E-state index is 13.5. The third kappa shape index (κ3) is 4.34. The summed E-state index contributed by atoms with van der Waals surface area (Å²) in [6.45, 7) is -0.540. The summed E-state index contributed by atoms with van der Waals surface area (Å²) >= 11 is 9.09. The summed E-state index contributed by atoms with van der Waals surface area (Å²) in [4.78, 5) is 12.1. The Morgan fingerprint density at radius 1 is 1.25 bits per heavy atom. The maximum Gasteiger partial charge on any atom is 0.460 e. The molecule has 1 unspecified atom stereocenters. The second-order valence-corrected chi connectivity index (χ2v) is 7.53. The fourth-order valence-electron chi connectivity index (χ4n) is 2.73. The average molecular weight is 477 g/mol. The third-order valence-corrected chi connectivity index (χ3v) is 4.84. The molecule has 148 valence electrons. The van der Waals surface area contributed by atoms with Crippen molar-refractivity contribution in [2.75, 3.05) is 6.54 Å². The highest BCUT2D eigenvalue weighted by atomic mass is 79.9. The number of halogens is 5. The molecule has 0 fully saturated rings. The molecule has 1 aliphatic heterocycles. The Morgan fingerprint density at radius 2 is 2.00 bits per heavy atom. The summed E-state index contributed by atoms with van der Waals surface area (Å²) in [6, 6.07) is 10.9. The van der Waals surface area contributed by atoms with Gasteiger partial charge in [-0.25, -0.2) is 0 Å². The van der Waals surface area contributed by atoms with E-state index in [2.05, 4.69) is 21.2 Å². The largest absolute Gasteiger partial charge is 0.460 e. The first-order chi connectivity index (χ1) is 13.1. The van der Waals surface area contributed by atoms with Gasteiger partial charge in [-0.1, -0.05) is 39.7 Å². The van der Waals surface area contributed by atoms with E-state index in [1.54, 1.807) is 30.3 Å². The van der Waals surface area contributed by atoms with Crippen molar-refractivity contribution in [1.29, 1.82) is 0 Å². The Bertz CT molecular complexity index is 948. The van der Waals surface area contributed by atoms with Crippen LogP contribution in [0.3, 0.4) is 0 Å². The van der Waals surface area contributed by atoms with Crippen LogP contribution in [-0.2, 0) is 11.2 Å². The molecule has 0 spiro atoms. The van der Waals surface area contributed by atoms with Gasteiger partial charge in [0.1, 0.15) is 5.75 Å². The van der Waals surface area contributed by atoms with Crippen LogP contribution < -0.4 is 10.1 Å². The maximum absolute atomic E-state index is 13.5. The van der Waals surface area contributed by atoms with E-state index >= 15 is 0 Å². The Hall–Kier alpha value is -2.03. The van der Waals surface area contributed by atoms with Crippen molar-refractivity contribution >= 4 is 39.5 Å². The fourth-order valence-corrected chi connectivity index (χ4v) is 3.33. The van der Waals surface area contributed by atoms with E-state index in [1.807, 2.05) is 0 Å². The second kappa shape index (κ2) is 7.77. The van der Waals surface area contributed by atoms with Crippen molar-refractivity contribution in [3.63, 3.8) is 0 Å². The smallest absolute Gasteiger partial charge is 0.449 e. The molecule has 0 saturated carbocycles. The molecular weight excluding hydrogens is 463 g/mol. The number of benzene rings is 2. The van der Waals surface area contributed by atoms with Gasteiger partial charge in [-0.2, -0.15) is 13.2 Å². The lowest BCUT2D eigenvalue weighted by Gasteiger charge is -2.36. The predicted octanol–water partition coefficient (Wildman–Crippen LogP) is 4.49. The fraction of sp³-hybridized carbons (Fsp3) is 0.211. The van der Waals surface area contributed by atoms with Gasteiger partial charge in [0, 0.05) is 27.2 Å². The molecular formula is C19H14BrClF3NO3. The van der Waals surface area contributed by atoms with Crippen molar-refractivity contribution in [3.05, 3.63) is 68.7 Å². The SMILES string of the molecule is O=C(Cc1cccc(Cl)c1)NCC1=Cc2cc(Br)ccc2OC1(O)C(F)(F)F. The van der Waals surface area contributed by atoms with E-state index in [9.17, 15) is 23.1 Å². The van der Waals surface area contributed by atoms with Crippen LogP contribution in [0, 0.1) is 0 Å². The minimum atomic E-state index is -5.10. The zero-order valence-electron chi connectivity index (χ0n) is 14.2. The molecule has 28 heavy (non-hydrogen) atoms. The van der Waals surface area contributed by atoms with Crippen LogP contribution in [0.25, 0.3) is 6.08 Å². The number of aliphatic hydroxyl groups is 1. The number of hydrogen-bond donors (Lipinski definition) is 2. The van der Waals surface area contributed by atoms with Gasteiger partial charge < -0.3 is 15.2 Å². The average Bonchev–Trinajstić information content (AvgIpc) is 2.59. The molecule has 0 aliphatic carbocycles. The summed E-state index contributed by atoms with van der Waals surface area (Å²) in [5.74, 6) is -4.17. The second-order valence-electron chi connectivity index (χ2n) is 6.18. The molecule has 4 nitrogen and oxygen atoms in total. The highest BCUT2D eigenvalue weighted by Gasteiger charge is 2.60. The van der Waals surface area contributed by atoms with Gasteiger partial charge >= 0.3 is 12.0 Å². The molecule has 2 aromatic rings. The van der Waals surface area contributed by atoms with E-state index < -0.39 is 30.0 Å². The van der Waals surface area contributed by atoms with Gasteiger partial charge in [0.2, 0.25) is 5.91 Å². The molecule has 1 aliphatic rings. The van der Waals surface area contributed by atoms with Crippen LogP contribution in [0.1, 0.15) is 11.1 Å². The molecule has 9 heteroatoms. The highest BCUT2D eigenvalue weighted by molar-refractivity contribution is 9.10. The first kappa shape index (κ1) is 20.7. The Labute approximate surface area is 172 Å². The molecule has 2 aromatic carbocycles. The summed E-state index contributed by atoms with van der Waals surface area (Å²) in [5, 5.41) is 13.1. The quantitative estimate of drug-likeness (QED) is 0.684. The molecule has 0 radical (unpaired) electrons. The number of rotatable bonds is 4. The Kier molecular flexibility index (Phi) is 5.74. The number of fused-ring (bicyclic) bond motifs is 1. The number of amides is 1. The lowest BCUT2D eigenvalue weighted by Crippen LogP contribution is -2.55. The summed E-state index contributed by atoms with van der Waals surface area (Å²) in [7, 11) is 0. The third-order valence-electron chi connectivity index (χ3n) is 4.11. The summed E-state index contributed by atoms with van der Waals surface area (Å²) in [6.07, 6.45) is -4.00. The Morgan fingerprint density at radius 3 is 2.68 bits per heavy atom. The number of carbonyl (C=O) groups excluding carboxylic acids is 1. The number of alkyl halides is 3. The van der Waals surface area contributed by atoms with Gasteiger partial charge in [0.05, 0.1) is 6.42 Å². The van der Waals surface area contributed by atoms with Crippen LogP contribution in [0.5, 0.6) is 5.75 Å². The molecule has 1 atom stereocenters. The zero-order chi connectivity index (χ0) is 20.5. The minimum absolute atomic E-state index is 0.0682. The van der Waals surface area contributed by atoms with E-state index in [4.69, 9.17) is 16.3 Å². The van der Waals surface area contributed by atoms with Crippen molar-refractivity contribution in [1.82, 2.24) is 5.32 Å². The van der Waals surface area contributed by atoms with E-state index in [0.717, 1.165) is 6.08 Å². The van der Waals surface area contributed by atoms with Crippen molar-refractivity contribution < 1.29 is 27.8 Å². The molecule has 1 heterocycles. The molecule has 2 N–H and O–H groups in total. The zero-order valence-corrected chi connectivity index (χ0v) is 16.5. The van der Waals surface area contributed by atoms with Gasteiger partial charge in [0.25, 0.3) is 0 Å². The van der Waals surface area contributed by atoms with Crippen LogP contribution >= 0.6 is 27.5 Å². The number of nitrogens with one attached hydrogen (secondary N) is 1. The molecule has 3 rings (SSSR count). The first-order valence-corrected chi connectivity index (χ1v) is 9.25. The van der Waals surface area contributed by atoms with Crippen LogP contribution in [0.2, 0.25) is 5.02 Å².